The maximum Gasteiger partial charge on any atom is 0.0863 e. The average molecular weight is 300 g/mol. The molecule has 1 heterocycles. The molecule has 2 unspecified atom stereocenters. The summed E-state index contributed by atoms with van der Waals surface area (Å²) < 4.78 is 1.84. The zero-order chi connectivity index (χ0) is 14.8. The molecule has 5 heteroatoms. The number of aromatic nitrogens is 2. The van der Waals surface area contributed by atoms with Gasteiger partial charge in [0.25, 0.3) is 0 Å². The number of nitrogens with zero attached hydrogens (tertiary/aromatic N) is 2. The molecule has 0 saturated heterocycles. The molecule has 0 aliphatic heterocycles. The number of halogens is 1. The lowest BCUT2D eigenvalue weighted by Crippen LogP contribution is -2.44. The van der Waals surface area contributed by atoms with Crippen molar-refractivity contribution in [2.45, 2.75) is 58.1 Å². The summed E-state index contributed by atoms with van der Waals surface area (Å²) in [7, 11) is 1.92. The molecule has 4 nitrogen and oxygen atoms in total. The first-order valence-corrected chi connectivity index (χ1v) is 7.96. The maximum atomic E-state index is 10.6. The number of hydrogen-bond acceptors (Lipinski definition) is 3. The van der Waals surface area contributed by atoms with Crippen LogP contribution in [0.1, 0.15) is 50.9 Å². The molecule has 1 fully saturated rings. The molecule has 20 heavy (non-hydrogen) atoms. The van der Waals surface area contributed by atoms with Crippen molar-refractivity contribution in [2.75, 3.05) is 6.54 Å². The van der Waals surface area contributed by atoms with Crippen LogP contribution in [-0.4, -0.2) is 27.0 Å². The minimum atomic E-state index is -0.559. The first-order chi connectivity index (χ1) is 9.45. The Balaban J connectivity index is 1.91. The predicted molar refractivity (Wildman–Crippen MR) is 81.9 cm³/mol. The molecule has 0 spiro atoms. The molecular weight excluding hydrogens is 274 g/mol. The molecule has 0 amide bonds. The second-order valence-corrected chi connectivity index (χ2v) is 6.59. The zero-order valence-electron chi connectivity index (χ0n) is 12.7. The molecule has 2 rings (SSSR count). The second kappa shape index (κ2) is 6.46. The Hall–Kier alpha value is -0.580. The van der Waals surface area contributed by atoms with Crippen molar-refractivity contribution < 1.29 is 5.11 Å². The van der Waals surface area contributed by atoms with Gasteiger partial charge in [0.05, 0.1) is 22.0 Å². The summed E-state index contributed by atoms with van der Waals surface area (Å²) in [4.78, 5) is 0. The summed E-state index contributed by atoms with van der Waals surface area (Å²) in [6.45, 7) is 5.55. The van der Waals surface area contributed by atoms with Crippen molar-refractivity contribution in [1.82, 2.24) is 15.1 Å². The highest BCUT2D eigenvalue weighted by molar-refractivity contribution is 6.31. The molecule has 1 aromatic rings. The van der Waals surface area contributed by atoms with Crippen molar-refractivity contribution >= 4 is 11.6 Å². The third-order valence-electron chi connectivity index (χ3n) is 4.32. The van der Waals surface area contributed by atoms with E-state index in [0.717, 1.165) is 42.1 Å². The van der Waals surface area contributed by atoms with Crippen LogP contribution in [0.15, 0.2) is 0 Å². The van der Waals surface area contributed by atoms with Crippen LogP contribution in [0.25, 0.3) is 0 Å². The molecule has 1 aliphatic rings. The lowest BCUT2D eigenvalue weighted by molar-refractivity contribution is -0.0120. The number of nitrogens with one attached hydrogen (secondary N) is 1. The van der Waals surface area contributed by atoms with Crippen molar-refractivity contribution in [1.29, 1.82) is 0 Å². The van der Waals surface area contributed by atoms with Crippen molar-refractivity contribution in [2.24, 2.45) is 13.0 Å². The van der Waals surface area contributed by atoms with Gasteiger partial charge in [0.15, 0.2) is 0 Å². The molecule has 1 aromatic heterocycles. The van der Waals surface area contributed by atoms with Gasteiger partial charge in [-0.1, -0.05) is 38.3 Å². The zero-order valence-corrected chi connectivity index (χ0v) is 13.5. The van der Waals surface area contributed by atoms with E-state index in [-0.39, 0.29) is 0 Å². The van der Waals surface area contributed by atoms with Gasteiger partial charge in [-0.2, -0.15) is 5.10 Å². The highest BCUT2D eigenvalue weighted by Crippen LogP contribution is 2.31. The Morgan fingerprint density at radius 2 is 2.30 bits per heavy atom. The highest BCUT2D eigenvalue weighted by Gasteiger charge is 2.32. The number of aliphatic hydroxyl groups is 1. The van der Waals surface area contributed by atoms with Gasteiger partial charge in [0, 0.05) is 20.1 Å². The van der Waals surface area contributed by atoms with Crippen LogP contribution in [-0.2, 0) is 20.0 Å². The molecule has 2 N–H and O–H groups in total. The Bertz CT molecular complexity index is 460. The van der Waals surface area contributed by atoms with E-state index >= 15 is 0 Å². The molecule has 1 saturated carbocycles. The standard InChI is InChI=1S/C15H26ClN3O/c1-4-12-14(16)13(19(3)18-12)9-17-10-15(20)7-5-6-11(2)8-15/h11,17,20H,4-10H2,1-3H3. The molecule has 0 aromatic carbocycles. The molecule has 0 bridgehead atoms. The monoisotopic (exact) mass is 299 g/mol. The van der Waals surface area contributed by atoms with Gasteiger partial charge in [0.1, 0.15) is 0 Å². The van der Waals surface area contributed by atoms with Gasteiger partial charge >= 0.3 is 0 Å². The minimum Gasteiger partial charge on any atom is -0.389 e. The van der Waals surface area contributed by atoms with Crippen LogP contribution in [0.3, 0.4) is 0 Å². The lowest BCUT2D eigenvalue weighted by atomic mass is 9.79. The SMILES string of the molecule is CCc1nn(C)c(CNCC2(O)CCCC(C)C2)c1Cl. The molecule has 1 aliphatic carbocycles. The van der Waals surface area contributed by atoms with Crippen molar-refractivity contribution in [3.05, 3.63) is 16.4 Å². The van der Waals surface area contributed by atoms with E-state index in [2.05, 4.69) is 24.3 Å². The molecular formula is C15H26ClN3O. The Kier molecular flexibility index (Phi) is 5.10. The van der Waals surface area contributed by atoms with Gasteiger partial charge in [0.2, 0.25) is 0 Å². The van der Waals surface area contributed by atoms with Gasteiger partial charge in [-0.15, -0.1) is 0 Å². The van der Waals surface area contributed by atoms with Crippen molar-refractivity contribution in [3.8, 4) is 0 Å². The van der Waals surface area contributed by atoms with E-state index < -0.39 is 5.60 Å². The predicted octanol–water partition coefficient (Wildman–Crippen LogP) is 2.67. The van der Waals surface area contributed by atoms with Crippen molar-refractivity contribution in [3.63, 3.8) is 0 Å². The largest absolute Gasteiger partial charge is 0.389 e. The van der Waals surface area contributed by atoms with Crippen LogP contribution < -0.4 is 5.32 Å². The van der Waals surface area contributed by atoms with E-state index in [1.165, 1.54) is 6.42 Å². The van der Waals surface area contributed by atoms with E-state index in [0.29, 0.717) is 19.0 Å². The van der Waals surface area contributed by atoms with E-state index in [4.69, 9.17) is 11.6 Å². The van der Waals surface area contributed by atoms with E-state index in [1.54, 1.807) is 0 Å². The number of hydrogen-bond donors (Lipinski definition) is 2. The molecule has 114 valence electrons. The van der Waals surface area contributed by atoms with Gasteiger partial charge in [-0.3, -0.25) is 4.68 Å². The van der Waals surface area contributed by atoms with Crippen LogP contribution in [0, 0.1) is 5.92 Å². The topological polar surface area (TPSA) is 50.1 Å². The van der Waals surface area contributed by atoms with Gasteiger partial charge in [-0.05, 0) is 25.2 Å². The normalized spacial score (nSPS) is 26.9. The minimum absolute atomic E-state index is 0.559. The highest BCUT2D eigenvalue weighted by atomic mass is 35.5. The number of rotatable bonds is 5. The fourth-order valence-corrected chi connectivity index (χ4v) is 3.58. The summed E-state index contributed by atoms with van der Waals surface area (Å²) in [5.41, 5.74) is 1.38. The molecule has 2 atom stereocenters. The fraction of sp³-hybridized carbons (Fsp3) is 0.800. The lowest BCUT2D eigenvalue weighted by Gasteiger charge is -2.35. The third kappa shape index (κ3) is 3.54. The third-order valence-corrected chi connectivity index (χ3v) is 4.75. The van der Waals surface area contributed by atoms with Crippen LogP contribution in [0.2, 0.25) is 5.02 Å². The second-order valence-electron chi connectivity index (χ2n) is 6.21. The summed E-state index contributed by atoms with van der Waals surface area (Å²) in [5.74, 6) is 0.613. The quantitative estimate of drug-likeness (QED) is 0.879. The van der Waals surface area contributed by atoms with Crippen LogP contribution in [0.4, 0.5) is 0 Å². The molecule has 0 radical (unpaired) electrons. The van der Waals surface area contributed by atoms with Gasteiger partial charge in [-0.25, -0.2) is 0 Å². The number of aryl methyl sites for hydroxylation is 2. The Labute approximate surface area is 126 Å². The first kappa shape index (κ1) is 15.8. The fourth-order valence-electron chi connectivity index (χ4n) is 3.22. The Morgan fingerprint density at radius 3 is 2.90 bits per heavy atom. The summed E-state index contributed by atoms with van der Waals surface area (Å²) in [6, 6.07) is 0. The summed E-state index contributed by atoms with van der Waals surface area (Å²) >= 11 is 6.32. The summed E-state index contributed by atoms with van der Waals surface area (Å²) in [6.07, 6.45) is 4.97. The summed E-state index contributed by atoms with van der Waals surface area (Å²) in [5, 5.41) is 19.1. The maximum absolute atomic E-state index is 10.6. The average Bonchev–Trinajstić information content (AvgIpc) is 2.65. The van der Waals surface area contributed by atoms with Crippen LogP contribution >= 0.6 is 11.6 Å². The van der Waals surface area contributed by atoms with Crippen LogP contribution in [0.5, 0.6) is 0 Å². The smallest absolute Gasteiger partial charge is 0.0863 e. The van der Waals surface area contributed by atoms with Gasteiger partial charge < -0.3 is 10.4 Å². The first-order valence-electron chi connectivity index (χ1n) is 7.58. The van der Waals surface area contributed by atoms with E-state index in [1.807, 2.05) is 11.7 Å². The Morgan fingerprint density at radius 1 is 1.55 bits per heavy atom. The van der Waals surface area contributed by atoms with E-state index in [9.17, 15) is 5.11 Å².